The summed E-state index contributed by atoms with van der Waals surface area (Å²) in [5.41, 5.74) is 9.39. The summed E-state index contributed by atoms with van der Waals surface area (Å²) in [7, 11) is 0. The molecule has 0 saturated carbocycles. The second kappa shape index (κ2) is 12.1. The minimum Gasteiger partial charge on any atom is -0.468 e. The average Bonchev–Trinajstić information content (AvgIpc) is 2.95. The Labute approximate surface area is 250 Å². The Morgan fingerprint density at radius 3 is 2.48 bits per heavy atom. The normalized spacial score (nSPS) is 11.5. The van der Waals surface area contributed by atoms with E-state index in [9.17, 15) is 4.79 Å². The lowest BCUT2D eigenvalue weighted by molar-refractivity contribution is 0.0541. The molecule has 0 radical (unpaired) electrons. The summed E-state index contributed by atoms with van der Waals surface area (Å²) in [6.07, 6.45) is 1.50. The van der Waals surface area contributed by atoms with Crippen molar-refractivity contribution in [2.75, 3.05) is 11.1 Å². The lowest BCUT2D eigenvalue weighted by atomic mass is 10.1. The van der Waals surface area contributed by atoms with Crippen molar-refractivity contribution in [3.63, 3.8) is 0 Å². The molecular weight excluding hydrogens is 544 g/mol. The summed E-state index contributed by atoms with van der Waals surface area (Å²) in [5.74, 6) is 1.32. The lowest BCUT2D eigenvalue weighted by Crippen LogP contribution is -2.48. The fourth-order valence-electron chi connectivity index (χ4n) is 4.34. The van der Waals surface area contributed by atoms with Crippen LogP contribution in [0.15, 0.2) is 95.0 Å². The number of hydrogen-bond acceptors (Lipinski definition) is 8. The van der Waals surface area contributed by atoms with Crippen molar-refractivity contribution < 1.29 is 9.53 Å². The van der Waals surface area contributed by atoms with Crippen LogP contribution in [0.5, 0.6) is 5.75 Å². The fraction of sp³-hybridized carbons (Fsp3) is 0.212. The maximum Gasteiger partial charge on any atom is 0.254 e. The highest BCUT2D eigenvalue weighted by atomic mass is 32.2. The van der Waals surface area contributed by atoms with E-state index in [0.29, 0.717) is 28.5 Å². The first kappa shape index (κ1) is 28.9. The van der Waals surface area contributed by atoms with Crippen molar-refractivity contribution in [1.82, 2.24) is 20.3 Å². The number of aromatic nitrogens is 3. The van der Waals surface area contributed by atoms with E-state index in [1.165, 1.54) is 6.33 Å². The number of fused-ring (bicyclic) bond motifs is 1. The quantitative estimate of drug-likeness (QED) is 0.122. The molecular formula is C33H34N6O2S. The zero-order valence-electron chi connectivity index (χ0n) is 24.3. The number of nitrogens with zero attached hydrogens (tertiary/aromatic N) is 3. The number of carbonyl (C=O) groups excluding carboxylic acids is 1. The van der Waals surface area contributed by atoms with Crippen LogP contribution in [0.3, 0.4) is 0 Å². The molecule has 0 aliphatic carbocycles. The lowest BCUT2D eigenvalue weighted by Gasteiger charge is -2.28. The summed E-state index contributed by atoms with van der Waals surface area (Å²) >= 11 is 1.56. The van der Waals surface area contributed by atoms with Crippen molar-refractivity contribution in [3.05, 3.63) is 102 Å². The Balaban J connectivity index is 1.47. The first-order chi connectivity index (χ1) is 20.1. The van der Waals surface area contributed by atoms with Gasteiger partial charge in [0.1, 0.15) is 17.9 Å². The molecule has 214 valence electrons. The molecule has 8 nitrogen and oxygen atoms in total. The Morgan fingerprint density at radius 2 is 1.74 bits per heavy atom. The van der Waals surface area contributed by atoms with Gasteiger partial charge in [-0.2, -0.15) is 0 Å². The number of nitrogens with one attached hydrogen (secondary N) is 2. The molecule has 2 heterocycles. The third-order valence-electron chi connectivity index (χ3n) is 6.59. The van der Waals surface area contributed by atoms with E-state index in [4.69, 9.17) is 15.5 Å². The summed E-state index contributed by atoms with van der Waals surface area (Å²) in [6.45, 7) is 9.82. The van der Waals surface area contributed by atoms with E-state index in [1.54, 1.807) is 17.8 Å². The maximum absolute atomic E-state index is 13.5. The molecule has 5 rings (SSSR count). The number of anilines is 3. The van der Waals surface area contributed by atoms with Crippen LogP contribution >= 0.6 is 11.8 Å². The highest BCUT2D eigenvalue weighted by Crippen LogP contribution is 2.37. The molecule has 0 bridgehead atoms. The molecule has 0 aliphatic heterocycles. The Bertz CT molecular complexity index is 1740. The van der Waals surface area contributed by atoms with Gasteiger partial charge in [0.05, 0.1) is 11.1 Å². The minimum absolute atomic E-state index is 0.267. The van der Waals surface area contributed by atoms with Crippen molar-refractivity contribution in [3.8, 4) is 5.75 Å². The second-order valence-corrected chi connectivity index (χ2v) is 11.9. The molecule has 0 atom stereocenters. The van der Waals surface area contributed by atoms with E-state index in [1.807, 2.05) is 93.6 Å². The van der Waals surface area contributed by atoms with E-state index in [2.05, 4.69) is 34.4 Å². The molecule has 0 saturated heterocycles. The van der Waals surface area contributed by atoms with Crippen LogP contribution in [0.2, 0.25) is 0 Å². The number of rotatable bonds is 9. The molecule has 0 spiro atoms. The number of aryl methyl sites for hydroxylation is 1. The number of nitrogen functional groups attached to an aromatic ring is 1. The van der Waals surface area contributed by atoms with Crippen molar-refractivity contribution in [1.29, 1.82) is 0 Å². The van der Waals surface area contributed by atoms with Gasteiger partial charge in [-0.15, -0.1) is 0 Å². The summed E-state index contributed by atoms with van der Waals surface area (Å²) in [6, 6.07) is 24.9. The SMILES string of the molecule is Cc1ccccc1OC(C)(C)NC(=O)c1ccc(Sc2ccc(N)cc2)c(Nc2ncnc3nc(C(C)C)ccc23)c1. The van der Waals surface area contributed by atoms with Crippen molar-refractivity contribution in [2.45, 2.75) is 56.1 Å². The summed E-state index contributed by atoms with van der Waals surface area (Å²) in [4.78, 5) is 29.0. The van der Waals surface area contributed by atoms with E-state index >= 15 is 0 Å². The highest BCUT2D eigenvalue weighted by molar-refractivity contribution is 7.99. The first-order valence-corrected chi connectivity index (χ1v) is 14.5. The Morgan fingerprint density at radius 1 is 0.976 bits per heavy atom. The molecule has 3 aromatic carbocycles. The third-order valence-corrected chi connectivity index (χ3v) is 7.67. The smallest absolute Gasteiger partial charge is 0.254 e. The molecule has 2 aromatic heterocycles. The number of ether oxygens (including phenoxy) is 1. The van der Waals surface area contributed by atoms with Gasteiger partial charge >= 0.3 is 0 Å². The Hall–Kier alpha value is -4.63. The van der Waals surface area contributed by atoms with Crippen LogP contribution in [0.4, 0.5) is 17.2 Å². The molecule has 9 heteroatoms. The van der Waals surface area contributed by atoms with Crippen LogP contribution in [0.1, 0.15) is 55.2 Å². The van der Waals surface area contributed by atoms with Crippen LogP contribution in [-0.4, -0.2) is 26.6 Å². The number of carbonyl (C=O) groups is 1. The average molecular weight is 579 g/mol. The van der Waals surface area contributed by atoms with Crippen LogP contribution in [0.25, 0.3) is 11.0 Å². The molecule has 1 amide bonds. The standard InChI is InChI=1S/C33H34N6O2S/c1-20(2)26-16-15-25-30(37-26)35-19-36-31(25)38-27-18-22(10-17-29(27)42-24-13-11-23(34)12-14-24)32(40)39-33(4,5)41-28-9-7-6-8-21(28)3/h6-20H,34H2,1-5H3,(H,39,40)(H,35,36,37,38). The summed E-state index contributed by atoms with van der Waals surface area (Å²) in [5, 5.41) is 7.25. The van der Waals surface area contributed by atoms with Crippen LogP contribution in [0, 0.1) is 6.92 Å². The molecule has 0 fully saturated rings. The zero-order chi connectivity index (χ0) is 29.9. The number of benzene rings is 3. The highest BCUT2D eigenvalue weighted by Gasteiger charge is 2.24. The van der Waals surface area contributed by atoms with E-state index < -0.39 is 5.72 Å². The van der Waals surface area contributed by atoms with Gasteiger partial charge in [0.15, 0.2) is 11.4 Å². The number of nitrogens with two attached hydrogens (primary N) is 1. The largest absolute Gasteiger partial charge is 0.468 e. The van der Waals surface area contributed by atoms with Crippen molar-refractivity contribution in [2.24, 2.45) is 0 Å². The third kappa shape index (κ3) is 6.80. The van der Waals surface area contributed by atoms with Gasteiger partial charge < -0.3 is 21.1 Å². The monoisotopic (exact) mass is 578 g/mol. The second-order valence-electron chi connectivity index (χ2n) is 10.8. The first-order valence-electron chi connectivity index (χ1n) is 13.7. The Kier molecular flexibility index (Phi) is 8.31. The summed E-state index contributed by atoms with van der Waals surface area (Å²) < 4.78 is 6.15. The topological polar surface area (TPSA) is 115 Å². The van der Waals surface area contributed by atoms with Gasteiger partial charge in [-0.25, -0.2) is 15.0 Å². The number of hydrogen-bond donors (Lipinski definition) is 3. The number of pyridine rings is 1. The molecule has 0 aliphatic rings. The van der Waals surface area contributed by atoms with Gasteiger partial charge in [-0.1, -0.05) is 43.8 Å². The molecule has 0 unspecified atom stereocenters. The predicted octanol–water partition coefficient (Wildman–Crippen LogP) is 7.48. The zero-order valence-corrected chi connectivity index (χ0v) is 25.1. The predicted molar refractivity (Wildman–Crippen MR) is 169 cm³/mol. The molecule has 4 N–H and O–H groups in total. The number of amides is 1. The minimum atomic E-state index is -0.948. The molecule has 42 heavy (non-hydrogen) atoms. The fourth-order valence-corrected chi connectivity index (χ4v) is 5.23. The molecule has 5 aromatic rings. The number of para-hydroxylation sites is 1. The van der Waals surface area contributed by atoms with Gasteiger partial charge in [0.2, 0.25) is 0 Å². The van der Waals surface area contributed by atoms with Crippen molar-refractivity contribution >= 4 is 45.9 Å². The van der Waals surface area contributed by atoms with E-state index in [0.717, 1.165) is 32.1 Å². The van der Waals surface area contributed by atoms with Gasteiger partial charge in [0, 0.05) is 26.7 Å². The van der Waals surface area contributed by atoms with Gasteiger partial charge in [-0.05, 0) is 92.9 Å². The van der Waals surface area contributed by atoms with E-state index in [-0.39, 0.29) is 11.8 Å². The van der Waals surface area contributed by atoms with Crippen LogP contribution < -0.4 is 21.1 Å². The van der Waals surface area contributed by atoms with Gasteiger partial charge in [-0.3, -0.25) is 4.79 Å². The van der Waals surface area contributed by atoms with Gasteiger partial charge in [0.25, 0.3) is 5.91 Å². The van der Waals surface area contributed by atoms with Crippen LogP contribution in [-0.2, 0) is 0 Å². The maximum atomic E-state index is 13.5.